The SMILES string of the molecule is CCN(CCCOc1ccc(F)cc1)C(=O)c1ccccc1-n1cccc1. The number of hydrogen-bond donors (Lipinski definition) is 0. The van der Waals surface area contributed by atoms with E-state index in [1.54, 1.807) is 12.1 Å². The number of aromatic nitrogens is 1. The number of halogens is 1. The quantitative estimate of drug-likeness (QED) is 0.548. The van der Waals surface area contributed by atoms with Crippen LogP contribution < -0.4 is 4.74 Å². The Labute approximate surface area is 158 Å². The van der Waals surface area contributed by atoms with Crippen LogP contribution in [0.15, 0.2) is 73.1 Å². The van der Waals surface area contributed by atoms with Crippen LogP contribution in [0.1, 0.15) is 23.7 Å². The number of rotatable bonds is 8. The first-order chi connectivity index (χ1) is 13.2. The molecule has 2 aromatic carbocycles. The van der Waals surface area contributed by atoms with E-state index >= 15 is 0 Å². The molecule has 1 aromatic heterocycles. The maximum absolute atomic E-state index is 13.0. The molecule has 0 radical (unpaired) electrons. The molecular formula is C22H23FN2O2. The Morgan fingerprint density at radius 1 is 1.04 bits per heavy atom. The van der Waals surface area contributed by atoms with Gasteiger partial charge in [-0.25, -0.2) is 4.39 Å². The Morgan fingerprint density at radius 3 is 2.44 bits per heavy atom. The van der Waals surface area contributed by atoms with Crippen molar-refractivity contribution in [2.75, 3.05) is 19.7 Å². The Hall–Kier alpha value is -3.08. The van der Waals surface area contributed by atoms with Crippen molar-refractivity contribution in [3.8, 4) is 11.4 Å². The van der Waals surface area contributed by atoms with E-state index in [9.17, 15) is 9.18 Å². The molecule has 0 spiro atoms. The molecule has 140 valence electrons. The lowest BCUT2D eigenvalue weighted by atomic mass is 10.1. The highest BCUT2D eigenvalue weighted by molar-refractivity contribution is 5.97. The fraction of sp³-hybridized carbons (Fsp3) is 0.227. The third-order valence-corrected chi connectivity index (χ3v) is 4.34. The minimum absolute atomic E-state index is 0.00332. The second-order valence-electron chi connectivity index (χ2n) is 6.15. The van der Waals surface area contributed by atoms with Gasteiger partial charge in [-0.1, -0.05) is 12.1 Å². The van der Waals surface area contributed by atoms with E-state index in [0.29, 0.717) is 37.4 Å². The number of hydrogen-bond acceptors (Lipinski definition) is 2. The van der Waals surface area contributed by atoms with Crippen LogP contribution in [0, 0.1) is 5.82 Å². The van der Waals surface area contributed by atoms with E-state index in [1.807, 2.05) is 65.2 Å². The van der Waals surface area contributed by atoms with Crippen LogP contribution in [-0.4, -0.2) is 35.1 Å². The molecule has 0 unspecified atom stereocenters. The van der Waals surface area contributed by atoms with Crippen molar-refractivity contribution in [1.82, 2.24) is 9.47 Å². The first kappa shape index (κ1) is 18.7. The third-order valence-electron chi connectivity index (χ3n) is 4.34. The molecule has 3 aromatic rings. The summed E-state index contributed by atoms with van der Waals surface area (Å²) in [5, 5.41) is 0. The van der Waals surface area contributed by atoms with E-state index in [2.05, 4.69) is 0 Å². The lowest BCUT2D eigenvalue weighted by Gasteiger charge is -2.22. The molecule has 0 aliphatic heterocycles. The van der Waals surface area contributed by atoms with Gasteiger partial charge in [0.1, 0.15) is 11.6 Å². The fourth-order valence-electron chi connectivity index (χ4n) is 2.92. The summed E-state index contributed by atoms with van der Waals surface area (Å²) < 4.78 is 20.5. The third kappa shape index (κ3) is 4.76. The maximum Gasteiger partial charge on any atom is 0.255 e. The standard InChI is InChI=1S/C22H23FN2O2/c1-2-24(16-7-17-27-19-12-10-18(23)11-13-19)22(26)20-8-3-4-9-21(20)25-14-5-6-15-25/h3-6,8-15H,2,7,16-17H2,1H3. The fourth-order valence-corrected chi connectivity index (χ4v) is 2.92. The maximum atomic E-state index is 13.0. The smallest absolute Gasteiger partial charge is 0.255 e. The summed E-state index contributed by atoms with van der Waals surface area (Å²) in [4.78, 5) is 14.8. The van der Waals surface area contributed by atoms with Crippen molar-refractivity contribution in [3.05, 3.63) is 84.4 Å². The van der Waals surface area contributed by atoms with Crippen LogP contribution in [0.5, 0.6) is 5.75 Å². The number of carbonyl (C=O) groups excluding carboxylic acids is 1. The summed E-state index contributed by atoms with van der Waals surface area (Å²) in [7, 11) is 0. The first-order valence-electron chi connectivity index (χ1n) is 9.09. The van der Waals surface area contributed by atoms with Gasteiger partial charge in [-0.2, -0.15) is 0 Å². The van der Waals surface area contributed by atoms with Gasteiger partial charge in [0.15, 0.2) is 0 Å². The number of amides is 1. The zero-order chi connectivity index (χ0) is 19.1. The topological polar surface area (TPSA) is 34.5 Å². The van der Waals surface area contributed by atoms with Gasteiger partial charge >= 0.3 is 0 Å². The van der Waals surface area contributed by atoms with Crippen LogP contribution in [-0.2, 0) is 0 Å². The van der Waals surface area contributed by atoms with Gasteiger partial charge in [0.2, 0.25) is 0 Å². The van der Waals surface area contributed by atoms with Crippen molar-refractivity contribution in [1.29, 1.82) is 0 Å². The summed E-state index contributed by atoms with van der Waals surface area (Å²) in [6, 6.07) is 17.4. The molecular weight excluding hydrogens is 343 g/mol. The highest BCUT2D eigenvalue weighted by Gasteiger charge is 2.17. The zero-order valence-electron chi connectivity index (χ0n) is 15.3. The second kappa shape index (κ2) is 9.03. The van der Waals surface area contributed by atoms with E-state index in [0.717, 1.165) is 5.69 Å². The molecule has 0 fully saturated rings. The number of carbonyl (C=O) groups is 1. The Kier molecular flexibility index (Phi) is 6.26. The summed E-state index contributed by atoms with van der Waals surface area (Å²) in [6.45, 7) is 3.65. The molecule has 0 saturated carbocycles. The molecule has 0 aliphatic carbocycles. The van der Waals surface area contributed by atoms with Gasteiger partial charge in [-0.05, 0) is 61.9 Å². The minimum atomic E-state index is -0.286. The number of benzene rings is 2. The van der Waals surface area contributed by atoms with E-state index in [1.165, 1.54) is 12.1 Å². The monoisotopic (exact) mass is 366 g/mol. The summed E-state index contributed by atoms with van der Waals surface area (Å²) in [5.41, 5.74) is 1.54. The van der Waals surface area contributed by atoms with Gasteiger partial charge in [0, 0.05) is 25.5 Å². The van der Waals surface area contributed by atoms with Crippen LogP contribution in [0.25, 0.3) is 5.69 Å². The first-order valence-corrected chi connectivity index (χ1v) is 9.09. The molecule has 1 heterocycles. The van der Waals surface area contributed by atoms with E-state index < -0.39 is 0 Å². The summed E-state index contributed by atoms with van der Waals surface area (Å²) in [6.07, 6.45) is 4.56. The predicted molar refractivity (Wildman–Crippen MR) is 104 cm³/mol. The van der Waals surface area contributed by atoms with Gasteiger partial charge in [0.25, 0.3) is 5.91 Å². The Morgan fingerprint density at radius 2 is 1.74 bits per heavy atom. The van der Waals surface area contributed by atoms with Crippen LogP contribution in [0.4, 0.5) is 4.39 Å². The molecule has 27 heavy (non-hydrogen) atoms. The van der Waals surface area contributed by atoms with E-state index in [4.69, 9.17) is 4.74 Å². The van der Waals surface area contributed by atoms with Crippen LogP contribution in [0.2, 0.25) is 0 Å². The van der Waals surface area contributed by atoms with Gasteiger partial charge in [-0.15, -0.1) is 0 Å². The predicted octanol–water partition coefficient (Wildman–Crippen LogP) is 4.55. The number of para-hydroxylation sites is 1. The molecule has 5 heteroatoms. The van der Waals surface area contributed by atoms with Gasteiger partial charge in [-0.3, -0.25) is 4.79 Å². The second-order valence-corrected chi connectivity index (χ2v) is 6.15. The molecule has 1 amide bonds. The zero-order valence-corrected chi connectivity index (χ0v) is 15.3. The lowest BCUT2D eigenvalue weighted by molar-refractivity contribution is 0.0756. The summed E-state index contributed by atoms with van der Waals surface area (Å²) in [5.74, 6) is 0.346. The molecule has 4 nitrogen and oxygen atoms in total. The summed E-state index contributed by atoms with van der Waals surface area (Å²) >= 11 is 0. The normalized spacial score (nSPS) is 10.6. The molecule has 0 N–H and O–H groups in total. The minimum Gasteiger partial charge on any atom is -0.494 e. The molecule has 0 saturated heterocycles. The van der Waals surface area contributed by atoms with Crippen molar-refractivity contribution < 1.29 is 13.9 Å². The van der Waals surface area contributed by atoms with Crippen LogP contribution >= 0.6 is 0 Å². The average molecular weight is 366 g/mol. The highest BCUT2D eigenvalue weighted by atomic mass is 19.1. The van der Waals surface area contributed by atoms with E-state index in [-0.39, 0.29) is 11.7 Å². The highest BCUT2D eigenvalue weighted by Crippen LogP contribution is 2.17. The van der Waals surface area contributed by atoms with Gasteiger partial charge in [0.05, 0.1) is 17.9 Å². The van der Waals surface area contributed by atoms with Crippen molar-refractivity contribution >= 4 is 5.91 Å². The van der Waals surface area contributed by atoms with Gasteiger partial charge < -0.3 is 14.2 Å². The van der Waals surface area contributed by atoms with Crippen molar-refractivity contribution in [3.63, 3.8) is 0 Å². The molecule has 0 atom stereocenters. The largest absolute Gasteiger partial charge is 0.494 e. The Balaban J connectivity index is 1.60. The number of ether oxygens (including phenoxy) is 1. The number of nitrogens with zero attached hydrogens (tertiary/aromatic N) is 2. The van der Waals surface area contributed by atoms with Crippen molar-refractivity contribution in [2.24, 2.45) is 0 Å². The average Bonchev–Trinajstić information content (AvgIpc) is 3.24. The molecule has 0 bridgehead atoms. The Bertz CT molecular complexity index is 860. The van der Waals surface area contributed by atoms with Crippen molar-refractivity contribution in [2.45, 2.75) is 13.3 Å². The lowest BCUT2D eigenvalue weighted by Crippen LogP contribution is -2.33. The van der Waals surface area contributed by atoms with Crippen LogP contribution in [0.3, 0.4) is 0 Å². The molecule has 3 rings (SSSR count). The molecule has 0 aliphatic rings.